The number of benzene rings is 2. The fourth-order valence-corrected chi connectivity index (χ4v) is 2.71. The molecular weight excluding hydrogens is 388 g/mol. The first kappa shape index (κ1) is 19.5. The average molecular weight is 399 g/mol. The van der Waals surface area contributed by atoms with E-state index in [1.54, 1.807) is 0 Å². The smallest absolute Gasteiger partial charge is 0.279 e. The van der Waals surface area contributed by atoms with Crippen LogP contribution in [-0.4, -0.2) is 16.2 Å². The summed E-state index contributed by atoms with van der Waals surface area (Å²) in [5.74, 6) is -3.18. The van der Waals surface area contributed by atoms with E-state index in [9.17, 15) is 31.1 Å². The fraction of sp³-hybridized carbons (Fsp3) is 0.111. The highest BCUT2D eigenvalue weighted by molar-refractivity contribution is 5.94. The minimum Gasteiger partial charge on any atom is -0.279 e. The van der Waals surface area contributed by atoms with Crippen LogP contribution in [0.4, 0.5) is 37.7 Å². The van der Waals surface area contributed by atoms with Crippen LogP contribution in [0.15, 0.2) is 42.6 Å². The van der Waals surface area contributed by atoms with Crippen LogP contribution in [0.3, 0.4) is 0 Å². The molecule has 0 spiro atoms. The second-order valence-electron chi connectivity index (χ2n) is 5.80. The van der Waals surface area contributed by atoms with Crippen molar-refractivity contribution >= 4 is 17.8 Å². The number of halogens is 6. The van der Waals surface area contributed by atoms with Crippen molar-refractivity contribution in [1.29, 1.82) is 0 Å². The van der Waals surface area contributed by atoms with Gasteiger partial charge in [0.2, 0.25) is 6.41 Å². The van der Waals surface area contributed by atoms with E-state index in [0.29, 0.717) is 4.90 Å². The minimum atomic E-state index is -4.88. The summed E-state index contributed by atoms with van der Waals surface area (Å²) >= 11 is 0. The van der Waals surface area contributed by atoms with Gasteiger partial charge in [0.1, 0.15) is 5.82 Å². The Morgan fingerprint density at radius 1 is 1.00 bits per heavy atom. The van der Waals surface area contributed by atoms with Gasteiger partial charge in [-0.2, -0.15) is 18.3 Å². The zero-order valence-corrected chi connectivity index (χ0v) is 14.1. The van der Waals surface area contributed by atoms with Crippen molar-refractivity contribution in [2.75, 3.05) is 4.90 Å². The van der Waals surface area contributed by atoms with Crippen LogP contribution in [0.5, 0.6) is 0 Å². The lowest BCUT2D eigenvalue weighted by atomic mass is 10.0. The molecule has 1 heterocycles. The quantitative estimate of drug-likeness (QED) is 0.466. The van der Waals surface area contributed by atoms with Gasteiger partial charge in [0.15, 0.2) is 17.3 Å². The van der Waals surface area contributed by atoms with Gasteiger partial charge in [0.25, 0.3) is 0 Å². The molecule has 0 aliphatic carbocycles. The highest BCUT2D eigenvalue weighted by Gasteiger charge is 2.39. The van der Waals surface area contributed by atoms with E-state index in [4.69, 9.17) is 0 Å². The number of nitrogens with zero attached hydrogens (tertiary/aromatic N) is 3. The number of anilines is 2. The van der Waals surface area contributed by atoms with E-state index in [2.05, 4.69) is 5.10 Å². The van der Waals surface area contributed by atoms with Gasteiger partial charge in [-0.15, -0.1) is 0 Å². The predicted octanol–water partition coefficient (Wildman–Crippen LogP) is 4.82. The first-order chi connectivity index (χ1) is 13.1. The van der Waals surface area contributed by atoms with Crippen molar-refractivity contribution in [2.24, 2.45) is 7.05 Å². The van der Waals surface area contributed by atoms with Gasteiger partial charge in [-0.25, -0.2) is 13.2 Å². The summed E-state index contributed by atoms with van der Waals surface area (Å²) in [6.07, 6.45) is -3.88. The number of carbonyl (C=O) groups is 1. The molecule has 0 aliphatic rings. The lowest BCUT2D eigenvalue weighted by Crippen LogP contribution is -2.19. The second kappa shape index (κ2) is 7.02. The number of hydrogen-bond donors (Lipinski definition) is 0. The zero-order chi connectivity index (χ0) is 20.6. The Morgan fingerprint density at radius 3 is 2.32 bits per heavy atom. The monoisotopic (exact) mass is 399 g/mol. The number of rotatable bonds is 4. The number of hydrogen-bond acceptors (Lipinski definition) is 2. The molecule has 0 saturated carbocycles. The van der Waals surface area contributed by atoms with E-state index in [0.717, 1.165) is 47.3 Å². The van der Waals surface area contributed by atoms with Gasteiger partial charge in [-0.3, -0.25) is 14.4 Å². The molecule has 3 rings (SSSR count). The summed E-state index contributed by atoms with van der Waals surface area (Å²) in [6, 6.07) is 5.72. The molecule has 10 heteroatoms. The van der Waals surface area contributed by atoms with E-state index in [1.165, 1.54) is 7.05 Å². The number of alkyl halides is 3. The molecule has 1 amide bonds. The lowest BCUT2D eigenvalue weighted by molar-refractivity contribution is -0.140. The predicted molar refractivity (Wildman–Crippen MR) is 88.2 cm³/mol. The molecular formula is C18H11F6N3O. The summed E-state index contributed by atoms with van der Waals surface area (Å²) in [7, 11) is 1.23. The summed E-state index contributed by atoms with van der Waals surface area (Å²) in [5.41, 5.74) is -2.23. The molecule has 3 aromatic rings. The second-order valence-corrected chi connectivity index (χ2v) is 5.80. The largest absolute Gasteiger partial charge is 0.437 e. The molecule has 0 unspecified atom stereocenters. The van der Waals surface area contributed by atoms with Crippen LogP contribution >= 0.6 is 0 Å². The first-order valence-corrected chi connectivity index (χ1v) is 7.72. The third-order valence-electron chi connectivity index (χ3n) is 3.89. The van der Waals surface area contributed by atoms with E-state index >= 15 is 0 Å². The van der Waals surface area contributed by atoms with E-state index in [-0.39, 0.29) is 23.2 Å². The van der Waals surface area contributed by atoms with Crippen molar-refractivity contribution in [3.05, 3.63) is 65.7 Å². The van der Waals surface area contributed by atoms with Crippen molar-refractivity contribution in [3.63, 3.8) is 0 Å². The Hall–Kier alpha value is -3.30. The van der Waals surface area contributed by atoms with Crippen molar-refractivity contribution in [3.8, 4) is 11.1 Å². The molecule has 0 radical (unpaired) electrons. The third kappa shape index (κ3) is 3.57. The molecule has 0 fully saturated rings. The van der Waals surface area contributed by atoms with Gasteiger partial charge in [0, 0.05) is 18.8 Å². The van der Waals surface area contributed by atoms with Crippen LogP contribution in [-0.2, 0) is 18.0 Å². The van der Waals surface area contributed by atoms with Crippen LogP contribution < -0.4 is 4.90 Å². The van der Waals surface area contributed by atoms with Gasteiger partial charge in [-0.05, 0) is 35.9 Å². The topological polar surface area (TPSA) is 38.1 Å². The standard InChI is InChI=1S/C18H11F6N3O/c1-26-8-16(17(25-26)18(22,23)24)27(9-28)15-7-11(19)3-4-12(15)10-2-5-13(20)14(21)6-10/h2-9H,1H3. The fourth-order valence-electron chi connectivity index (χ4n) is 2.71. The first-order valence-electron chi connectivity index (χ1n) is 7.72. The zero-order valence-electron chi connectivity index (χ0n) is 14.1. The molecule has 2 aromatic carbocycles. The Bertz CT molecular complexity index is 1040. The van der Waals surface area contributed by atoms with Gasteiger partial charge in [-0.1, -0.05) is 6.07 Å². The van der Waals surface area contributed by atoms with Crippen LogP contribution in [0.1, 0.15) is 5.69 Å². The number of amides is 1. The van der Waals surface area contributed by atoms with Crippen molar-refractivity contribution in [2.45, 2.75) is 6.18 Å². The number of carbonyl (C=O) groups excluding carboxylic acids is 1. The summed E-state index contributed by atoms with van der Waals surface area (Å²) in [5, 5.41) is 3.31. The number of aryl methyl sites for hydroxylation is 1. The molecule has 0 bridgehead atoms. The lowest BCUT2D eigenvalue weighted by Gasteiger charge is -2.21. The Labute approximate surface area is 154 Å². The Kier molecular flexibility index (Phi) is 4.88. The van der Waals surface area contributed by atoms with Gasteiger partial charge < -0.3 is 0 Å². The molecule has 0 aliphatic heterocycles. The molecule has 28 heavy (non-hydrogen) atoms. The maximum Gasteiger partial charge on any atom is 0.437 e. The van der Waals surface area contributed by atoms with Crippen molar-refractivity contribution < 1.29 is 31.1 Å². The molecule has 146 valence electrons. The minimum absolute atomic E-state index is 0.0179. The normalized spacial score (nSPS) is 11.5. The summed E-state index contributed by atoms with van der Waals surface area (Å²) < 4.78 is 81.4. The Morgan fingerprint density at radius 2 is 1.71 bits per heavy atom. The maximum absolute atomic E-state index is 13.8. The Balaban J connectivity index is 2.23. The molecule has 1 aromatic heterocycles. The average Bonchev–Trinajstić information content (AvgIpc) is 3.00. The number of aromatic nitrogens is 2. The van der Waals surface area contributed by atoms with Crippen LogP contribution in [0.25, 0.3) is 11.1 Å². The van der Waals surface area contributed by atoms with Crippen LogP contribution in [0, 0.1) is 17.5 Å². The van der Waals surface area contributed by atoms with Gasteiger partial charge in [0.05, 0.1) is 11.4 Å². The van der Waals surface area contributed by atoms with Crippen LogP contribution in [0.2, 0.25) is 0 Å². The summed E-state index contributed by atoms with van der Waals surface area (Å²) in [4.78, 5) is 12.2. The van der Waals surface area contributed by atoms with E-state index in [1.807, 2.05) is 0 Å². The molecule has 4 nitrogen and oxygen atoms in total. The third-order valence-corrected chi connectivity index (χ3v) is 3.89. The molecule has 0 N–H and O–H groups in total. The maximum atomic E-state index is 13.8. The molecule has 0 atom stereocenters. The highest BCUT2D eigenvalue weighted by atomic mass is 19.4. The SMILES string of the molecule is Cn1cc(N(C=O)c2cc(F)ccc2-c2ccc(F)c(F)c2)c(C(F)(F)F)n1. The van der Waals surface area contributed by atoms with Crippen molar-refractivity contribution in [1.82, 2.24) is 9.78 Å². The summed E-state index contributed by atoms with van der Waals surface area (Å²) in [6.45, 7) is 0. The highest BCUT2D eigenvalue weighted by Crippen LogP contribution is 2.41. The molecule has 0 saturated heterocycles. The van der Waals surface area contributed by atoms with E-state index < -0.39 is 35.0 Å². The van der Waals surface area contributed by atoms with Gasteiger partial charge >= 0.3 is 6.18 Å².